The number of hydrogen-bond acceptors (Lipinski definition) is 5. The van der Waals surface area contributed by atoms with Gasteiger partial charge >= 0.3 is 0 Å². The Labute approximate surface area is 72.6 Å². The monoisotopic (exact) mass is 185 g/mol. The lowest BCUT2D eigenvalue weighted by Gasteiger charge is -1.91. The van der Waals surface area contributed by atoms with Crippen molar-refractivity contribution in [2.45, 2.75) is 0 Å². The summed E-state index contributed by atoms with van der Waals surface area (Å²) in [7, 11) is 0. The van der Waals surface area contributed by atoms with Crippen LogP contribution in [0.5, 0.6) is 0 Å². The highest BCUT2D eigenvalue weighted by atomic mass is 32.1. The number of rotatable bonds is 3. The summed E-state index contributed by atoms with van der Waals surface area (Å²) in [5.41, 5.74) is 5.66. The van der Waals surface area contributed by atoms with Gasteiger partial charge < -0.3 is 10.8 Å². The molecule has 3 N–H and O–H groups in total. The number of Topliss-reactive ketones (excluding diaryl/α,β-unsaturated/α-hetero) is 1. The molecule has 0 bridgehead atoms. The number of hydrogen-bond donors (Lipinski definition) is 2. The van der Waals surface area contributed by atoms with E-state index in [-0.39, 0.29) is 10.6 Å². The van der Waals surface area contributed by atoms with Crippen LogP contribution in [-0.2, 0) is 0 Å². The van der Waals surface area contributed by atoms with Crippen molar-refractivity contribution in [2.75, 3.05) is 12.3 Å². The summed E-state index contributed by atoms with van der Waals surface area (Å²) in [6, 6.07) is 1.42. The number of thiophene rings is 1. The molecule has 0 aromatic carbocycles. The number of aliphatic hydroxyl groups is 1. The predicted molar refractivity (Wildman–Crippen MR) is 45.5 cm³/mol. The zero-order chi connectivity index (χ0) is 9.14. The van der Waals surface area contributed by atoms with E-state index < -0.39 is 12.4 Å². The lowest BCUT2D eigenvalue weighted by Crippen LogP contribution is -2.04. The summed E-state index contributed by atoms with van der Waals surface area (Å²) in [5.74, 6) is -0.453. The van der Waals surface area contributed by atoms with Crippen LogP contribution >= 0.6 is 11.3 Å². The van der Waals surface area contributed by atoms with Gasteiger partial charge in [-0.05, 0) is 6.07 Å². The van der Waals surface area contributed by atoms with Crippen LogP contribution in [0.2, 0.25) is 0 Å². The second kappa shape index (κ2) is 3.46. The van der Waals surface area contributed by atoms with Gasteiger partial charge in [-0.2, -0.15) is 0 Å². The summed E-state index contributed by atoms with van der Waals surface area (Å²) in [5, 5.41) is 8.51. The van der Waals surface area contributed by atoms with E-state index in [1.807, 2.05) is 0 Å². The highest BCUT2D eigenvalue weighted by Crippen LogP contribution is 2.23. The molecule has 4 nitrogen and oxygen atoms in total. The minimum absolute atomic E-state index is 0.250. The number of ketones is 1. The van der Waals surface area contributed by atoms with Crippen molar-refractivity contribution < 1.29 is 14.7 Å². The minimum Gasteiger partial charge on any atom is -0.397 e. The van der Waals surface area contributed by atoms with Gasteiger partial charge in [-0.3, -0.25) is 9.59 Å². The van der Waals surface area contributed by atoms with E-state index >= 15 is 0 Å². The third-order valence-corrected chi connectivity index (χ3v) is 2.41. The summed E-state index contributed by atoms with van der Waals surface area (Å²) in [6.45, 7) is -0.580. The van der Waals surface area contributed by atoms with Crippen molar-refractivity contribution in [3.63, 3.8) is 0 Å². The van der Waals surface area contributed by atoms with Crippen molar-refractivity contribution in [1.29, 1.82) is 0 Å². The van der Waals surface area contributed by atoms with Gasteiger partial charge in [0.25, 0.3) is 0 Å². The first kappa shape index (κ1) is 8.89. The highest BCUT2D eigenvalue weighted by Gasteiger charge is 2.12. The maximum Gasteiger partial charge on any atom is 0.200 e. The predicted octanol–water partition coefficient (Wildman–Crippen LogP) is 0.318. The second-order valence-corrected chi connectivity index (χ2v) is 3.22. The maximum absolute atomic E-state index is 10.9. The van der Waals surface area contributed by atoms with Crippen LogP contribution in [0.3, 0.4) is 0 Å². The van der Waals surface area contributed by atoms with Gasteiger partial charge in [0.15, 0.2) is 12.1 Å². The Bertz CT molecular complexity index is 318. The number of aliphatic hydroxyl groups excluding tert-OH is 1. The molecule has 1 rings (SSSR count). The molecule has 1 aromatic heterocycles. The Morgan fingerprint density at radius 2 is 2.42 bits per heavy atom. The summed E-state index contributed by atoms with van der Waals surface area (Å²) >= 11 is 0.990. The normalized spacial score (nSPS) is 9.75. The number of nitrogen functional groups attached to an aromatic ring is 1. The van der Waals surface area contributed by atoms with Crippen LogP contribution in [0.4, 0.5) is 5.69 Å². The van der Waals surface area contributed by atoms with Gasteiger partial charge in [-0.1, -0.05) is 0 Å². The van der Waals surface area contributed by atoms with E-state index in [1.165, 1.54) is 6.07 Å². The average Bonchev–Trinajstić information content (AvgIpc) is 2.45. The number of carbonyl (C=O) groups is 2. The van der Waals surface area contributed by atoms with Crippen LogP contribution in [0.15, 0.2) is 6.07 Å². The van der Waals surface area contributed by atoms with E-state index in [2.05, 4.69) is 0 Å². The number of aldehydes is 1. The highest BCUT2D eigenvalue weighted by molar-refractivity contribution is 7.16. The number of anilines is 1. The smallest absolute Gasteiger partial charge is 0.200 e. The maximum atomic E-state index is 10.9. The van der Waals surface area contributed by atoms with E-state index in [0.29, 0.717) is 11.2 Å². The minimum atomic E-state index is -0.580. The largest absolute Gasteiger partial charge is 0.397 e. The molecule has 64 valence electrons. The van der Waals surface area contributed by atoms with Gasteiger partial charge in [0, 0.05) is 0 Å². The van der Waals surface area contributed by atoms with Gasteiger partial charge in [-0.15, -0.1) is 11.3 Å². The zero-order valence-corrected chi connectivity index (χ0v) is 6.93. The molecule has 1 aromatic rings. The van der Waals surface area contributed by atoms with Crippen LogP contribution in [0.1, 0.15) is 19.3 Å². The van der Waals surface area contributed by atoms with Crippen LogP contribution in [0.25, 0.3) is 0 Å². The molecule has 1 heterocycles. The summed E-state index contributed by atoms with van der Waals surface area (Å²) in [4.78, 5) is 21.8. The lowest BCUT2D eigenvalue weighted by molar-refractivity contribution is 0.0908. The third-order valence-electron chi connectivity index (χ3n) is 1.29. The molecule has 0 fully saturated rings. The topological polar surface area (TPSA) is 80.4 Å². The van der Waals surface area contributed by atoms with Gasteiger partial charge in [-0.25, -0.2) is 0 Å². The Kier molecular flexibility index (Phi) is 2.57. The molecular weight excluding hydrogens is 178 g/mol. The SMILES string of the molecule is Nc1cc(C=O)sc1C(=O)CO. The molecule has 0 radical (unpaired) electrons. The van der Waals surface area contributed by atoms with E-state index in [0.717, 1.165) is 11.3 Å². The first-order chi connectivity index (χ1) is 5.69. The van der Waals surface area contributed by atoms with E-state index in [4.69, 9.17) is 10.8 Å². The molecule has 0 saturated carbocycles. The molecule has 0 aliphatic carbocycles. The first-order valence-corrected chi connectivity index (χ1v) is 3.99. The van der Waals surface area contributed by atoms with Crippen molar-refractivity contribution in [3.05, 3.63) is 15.8 Å². The fourth-order valence-corrected chi connectivity index (χ4v) is 1.60. The third kappa shape index (κ3) is 1.51. The summed E-state index contributed by atoms with van der Waals surface area (Å²) in [6.07, 6.45) is 0.620. The van der Waals surface area contributed by atoms with Crippen molar-refractivity contribution in [2.24, 2.45) is 0 Å². The van der Waals surface area contributed by atoms with Crippen molar-refractivity contribution in [3.8, 4) is 0 Å². The zero-order valence-electron chi connectivity index (χ0n) is 6.11. The molecule has 0 amide bonds. The second-order valence-electron chi connectivity index (χ2n) is 2.13. The molecule has 0 aliphatic heterocycles. The van der Waals surface area contributed by atoms with Crippen LogP contribution in [0, 0.1) is 0 Å². The fraction of sp³-hybridized carbons (Fsp3) is 0.143. The van der Waals surface area contributed by atoms with Gasteiger partial charge in [0.2, 0.25) is 0 Å². The Hall–Kier alpha value is -1.20. The molecule has 0 unspecified atom stereocenters. The Balaban J connectivity index is 3.07. The molecule has 0 spiro atoms. The van der Waals surface area contributed by atoms with Crippen LogP contribution < -0.4 is 5.73 Å². The standard InChI is InChI=1S/C7H7NO3S/c8-5-1-4(2-9)12-7(5)6(11)3-10/h1-2,10H,3,8H2. The molecule has 0 saturated heterocycles. The molecular formula is C7H7NO3S. The molecule has 12 heavy (non-hydrogen) atoms. The van der Waals surface area contributed by atoms with Gasteiger partial charge in [0.1, 0.15) is 6.61 Å². The lowest BCUT2D eigenvalue weighted by atomic mass is 10.3. The Morgan fingerprint density at radius 1 is 1.75 bits per heavy atom. The van der Waals surface area contributed by atoms with E-state index in [9.17, 15) is 9.59 Å². The number of carbonyl (C=O) groups excluding carboxylic acids is 2. The fourth-order valence-electron chi connectivity index (χ4n) is 0.773. The molecule has 5 heteroatoms. The molecule has 0 atom stereocenters. The molecule has 0 aliphatic rings. The van der Waals surface area contributed by atoms with Crippen molar-refractivity contribution in [1.82, 2.24) is 0 Å². The van der Waals surface area contributed by atoms with Crippen LogP contribution in [-0.4, -0.2) is 23.8 Å². The number of nitrogens with two attached hydrogens (primary N) is 1. The average molecular weight is 185 g/mol. The quantitative estimate of drug-likeness (QED) is 0.525. The summed E-state index contributed by atoms with van der Waals surface area (Å²) < 4.78 is 0. The van der Waals surface area contributed by atoms with Gasteiger partial charge in [0.05, 0.1) is 15.4 Å². The Morgan fingerprint density at radius 3 is 2.83 bits per heavy atom. The first-order valence-electron chi connectivity index (χ1n) is 3.17. The van der Waals surface area contributed by atoms with E-state index in [1.54, 1.807) is 0 Å². The van der Waals surface area contributed by atoms with Crippen molar-refractivity contribution >= 4 is 29.1 Å².